The van der Waals surface area contributed by atoms with E-state index in [4.69, 9.17) is 108 Å². The summed E-state index contributed by atoms with van der Waals surface area (Å²) in [5.74, 6) is 0. The summed E-state index contributed by atoms with van der Waals surface area (Å²) in [6, 6.07) is 0. The largest absolute Gasteiger partial charge is 0.253 e. The van der Waals surface area contributed by atoms with Crippen LogP contribution in [0.1, 0.15) is 0 Å². The fourth-order valence-corrected chi connectivity index (χ4v) is 7.46. The summed E-state index contributed by atoms with van der Waals surface area (Å²) in [4.78, 5) is 0. The number of hydrogen-bond acceptors (Lipinski definition) is 0. The lowest BCUT2D eigenvalue weighted by Gasteiger charge is -2.51. The van der Waals surface area contributed by atoms with Gasteiger partial charge in [-0.15, -0.1) is 0 Å². The Bertz CT molecular complexity index is 336. The monoisotopic (exact) mass is 317 g/mol. The van der Waals surface area contributed by atoms with Crippen molar-refractivity contribution in [2.45, 2.75) is 0 Å². The van der Waals surface area contributed by atoms with Crippen LogP contribution in [0.15, 0.2) is 0 Å². The number of rotatable bonds is 12. The Hall–Kier alpha value is 2.12. The van der Waals surface area contributed by atoms with Gasteiger partial charge in [0, 0.05) is 166 Å². The highest BCUT2D eigenvalue weighted by Crippen LogP contribution is 2.47. The molecule has 0 aromatic heterocycles. The molecule has 0 amide bonds. The standard InChI is InChI=1S/B26P/c1-15-22(14)26(23(16(2)3)17(4)5)27(24(18(6)7)19(8)9)25(20(10)11)21(12)13. The molecule has 27 heavy (non-hydrogen) atoms. The van der Waals surface area contributed by atoms with Gasteiger partial charge in [0.1, 0.15) is 0 Å². The Labute approximate surface area is 192 Å². The topological polar surface area (TPSA) is 0 Å². The van der Waals surface area contributed by atoms with Gasteiger partial charge in [0.05, 0.1) is 18.6 Å². The highest BCUT2D eigenvalue weighted by Gasteiger charge is 2.48. The van der Waals surface area contributed by atoms with Crippen LogP contribution in [0, 0.1) is 0 Å². The zero-order chi connectivity index (χ0) is 21.6. The number of hydrogen-bond donors (Lipinski definition) is 0. The van der Waals surface area contributed by atoms with Crippen LogP contribution in [-0.2, 0) is 0 Å². The summed E-state index contributed by atoms with van der Waals surface area (Å²) in [5.41, 5.74) is 0. The lowest BCUT2D eigenvalue weighted by molar-refractivity contribution is 3.41. The van der Waals surface area contributed by atoms with Crippen molar-refractivity contribution in [2.75, 3.05) is 0 Å². The normalized spacial score (nSPS) is 9.67. The average molecular weight is 312 g/mol. The third kappa shape index (κ3) is 8.28. The zero-order valence-electron chi connectivity index (χ0n) is 15.5. The van der Waals surface area contributed by atoms with Crippen LogP contribution in [0.3, 0.4) is 0 Å². The first-order chi connectivity index (χ1) is 12.3. The van der Waals surface area contributed by atoms with Crippen LogP contribution < -0.4 is 0 Å². The van der Waals surface area contributed by atoms with Gasteiger partial charge in [0.2, 0.25) is 0 Å². The Morgan fingerprint density at radius 2 is 0.741 bits per heavy atom. The molecule has 0 spiro atoms. The van der Waals surface area contributed by atoms with E-state index in [0.29, 0.717) is 0 Å². The second-order valence-electron chi connectivity index (χ2n) is 6.73. The first-order valence-electron chi connectivity index (χ1n) is 8.44. The van der Waals surface area contributed by atoms with E-state index in [-0.39, 0.29) is 0 Å². The van der Waals surface area contributed by atoms with Crippen molar-refractivity contribution in [1.29, 1.82) is 0 Å². The van der Waals surface area contributed by atoms with Gasteiger partial charge in [-0.05, 0) is 0 Å². The summed E-state index contributed by atoms with van der Waals surface area (Å²) in [5, 5.41) is 0. The first-order valence-corrected chi connectivity index (χ1v) is 9.99. The molecule has 0 unspecified atom stereocenters. The molecule has 0 rings (SSSR count). The average Bonchev–Trinajstić information content (AvgIpc) is 2.48. The van der Waals surface area contributed by atoms with E-state index in [2.05, 4.69) is 0 Å². The molecular formula is B26P. The van der Waals surface area contributed by atoms with Gasteiger partial charge in [0.25, 0.3) is 0 Å². The molecule has 0 fully saturated rings. The molecule has 0 aliphatic carbocycles. The Morgan fingerprint density at radius 1 is 0.444 bits per heavy atom. The fraction of sp³-hybridized carbons (Fsp3) is 0. The fourth-order valence-electron chi connectivity index (χ4n) is 3.38. The molecule has 0 N–H and O–H groups in total. The van der Waals surface area contributed by atoms with Crippen LogP contribution in [0.25, 0.3) is 0 Å². The van der Waals surface area contributed by atoms with Gasteiger partial charge < -0.3 is 0 Å². The van der Waals surface area contributed by atoms with E-state index in [0.717, 1.165) is 0 Å². The maximum atomic E-state index is 6.26. The predicted molar refractivity (Wildman–Crippen MR) is 157 cm³/mol. The summed E-state index contributed by atoms with van der Waals surface area (Å²) < 4.78 is 0. The van der Waals surface area contributed by atoms with Crippen molar-refractivity contribution in [3.05, 3.63) is 0 Å². The van der Waals surface area contributed by atoms with Crippen molar-refractivity contribution in [3.8, 4) is 0 Å². The molecule has 0 nitrogen and oxygen atoms in total. The summed E-state index contributed by atoms with van der Waals surface area (Å²) >= 11 is 0. The zero-order valence-corrected chi connectivity index (χ0v) is 16.4. The SMILES string of the molecule is [B][B]B([B])B(B(B([B])[B])B([B])[B])P(B(B([B])[B])B([B])[B])B(B([B])[B])B([B])[B]. The lowest BCUT2D eigenvalue weighted by atomic mass is 8.58. The minimum absolute atomic E-state index is 0.659. The Balaban J connectivity index is 6.66. The van der Waals surface area contributed by atoms with E-state index in [1.807, 2.05) is 0 Å². The van der Waals surface area contributed by atoms with E-state index < -0.39 is 77.3 Å². The van der Waals surface area contributed by atoms with E-state index in [9.17, 15) is 0 Å². The summed E-state index contributed by atoms with van der Waals surface area (Å²) in [6.07, 6.45) is -9.39. The van der Waals surface area contributed by atoms with Crippen LogP contribution in [0.4, 0.5) is 0 Å². The molecule has 0 heterocycles. The van der Waals surface area contributed by atoms with Crippen molar-refractivity contribution in [3.63, 3.8) is 0 Å². The maximum absolute atomic E-state index is 6.26. The van der Waals surface area contributed by atoms with Crippen molar-refractivity contribution >= 4 is 193 Å². The van der Waals surface area contributed by atoms with Gasteiger partial charge in [0.15, 0.2) is 0 Å². The van der Waals surface area contributed by atoms with Crippen molar-refractivity contribution in [1.82, 2.24) is 0 Å². The van der Waals surface area contributed by atoms with Gasteiger partial charge in [-0.2, -0.15) is 0 Å². The second-order valence-corrected chi connectivity index (χ2v) is 9.41. The smallest absolute Gasteiger partial charge is 0.0527 e. The molecule has 83 valence electrons. The second kappa shape index (κ2) is 13.5. The Kier molecular flexibility index (Phi) is 14.6. The molecule has 29 radical (unpaired) electrons. The molecule has 0 bridgehead atoms. The van der Waals surface area contributed by atoms with Crippen LogP contribution in [0.2, 0.25) is 0 Å². The molecule has 0 aromatic carbocycles. The lowest BCUT2D eigenvalue weighted by Crippen LogP contribution is -2.72. The third-order valence-corrected chi connectivity index (χ3v) is 8.64. The summed E-state index contributed by atoms with van der Waals surface area (Å²) in [6.45, 7) is 0. The highest BCUT2D eigenvalue weighted by molar-refractivity contribution is 8.57. The van der Waals surface area contributed by atoms with Gasteiger partial charge in [-0.25, -0.2) is 0 Å². The molecule has 0 saturated carbocycles. The highest BCUT2D eigenvalue weighted by atomic mass is 31.1. The van der Waals surface area contributed by atoms with Crippen molar-refractivity contribution in [2.24, 2.45) is 0 Å². The van der Waals surface area contributed by atoms with Crippen LogP contribution in [-0.4, -0.2) is 185 Å². The quantitative estimate of drug-likeness (QED) is 0.248. The molecular weight excluding hydrogens is 312 g/mol. The molecule has 0 aromatic rings. The molecule has 0 aliphatic rings. The van der Waals surface area contributed by atoms with Gasteiger partial charge in [-0.1, -0.05) is 0 Å². The summed E-state index contributed by atoms with van der Waals surface area (Å²) in [7, 11) is 83.1. The van der Waals surface area contributed by atoms with Gasteiger partial charge >= 0.3 is 0 Å². The molecule has 0 saturated heterocycles. The van der Waals surface area contributed by atoms with Gasteiger partial charge in [-0.3, -0.25) is 7.56 Å². The molecule has 0 aliphatic heterocycles. The van der Waals surface area contributed by atoms with E-state index >= 15 is 0 Å². The predicted octanol–water partition coefficient (Wildman–Crippen LogP) is -9.04. The third-order valence-electron chi connectivity index (χ3n) is 4.51. The van der Waals surface area contributed by atoms with Crippen LogP contribution in [0.5, 0.6) is 0 Å². The van der Waals surface area contributed by atoms with E-state index in [1.54, 1.807) is 0 Å². The molecule has 27 heteroatoms. The minimum Gasteiger partial charge on any atom is -0.253 e. The van der Waals surface area contributed by atoms with Crippen LogP contribution >= 0.6 is 7.56 Å². The maximum Gasteiger partial charge on any atom is 0.0527 e. The Morgan fingerprint density at radius 3 is 0.926 bits per heavy atom. The molecule has 0 atom stereocenters. The van der Waals surface area contributed by atoms with E-state index in [1.165, 1.54) is 7.06 Å². The minimum atomic E-state index is -1.61. The first kappa shape index (κ1) is 29.1. The van der Waals surface area contributed by atoms with Crippen molar-refractivity contribution < 1.29 is 0 Å².